The molecule has 1 aliphatic rings. The van der Waals surface area contributed by atoms with Crippen LogP contribution >= 0.6 is 0 Å². The monoisotopic (exact) mass is 894 g/mol. The number of fused-ring (bicyclic) bond motifs is 8. The molecule has 0 amide bonds. The SMILES string of the molecule is c1ccc(-c2cc(-c3cc(-n4c5ccccc5c5ccccc54)c(N4c5ccccc5N(c5ccccc5)c5ccccc54)c(-n4c5ccccc5c5ccccc54)c3)nc(-c3ccccc3)n2)cc1. The quantitative estimate of drug-likeness (QED) is 0.160. The van der Waals surface area contributed by atoms with E-state index in [2.05, 4.69) is 268 Å². The molecule has 328 valence electrons. The first kappa shape index (κ1) is 39.6. The summed E-state index contributed by atoms with van der Waals surface area (Å²) < 4.78 is 4.96. The highest BCUT2D eigenvalue weighted by atomic mass is 15.3. The van der Waals surface area contributed by atoms with E-state index in [4.69, 9.17) is 9.97 Å². The lowest BCUT2D eigenvalue weighted by Crippen LogP contribution is -2.25. The number of hydrogen-bond acceptors (Lipinski definition) is 4. The number of rotatable bonds is 7. The van der Waals surface area contributed by atoms with E-state index in [1.54, 1.807) is 0 Å². The predicted molar refractivity (Wildman–Crippen MR) is 290 cm³/mol. The maximum Gasteiger partial charge on any atom is 0.160 e. The third kappa shape index (κ3) is 6.20. The minimum atomic E-state index is 0.665. The van der Waals surface area contributed by atoms with E-state index < -0.39 is 0 Å². The van der Waals surface area contributed by atoms with Crippen LogP contribution in [0.1, 0.15) is 0 Å². The summed E-state index contributed by atoms with van der Waals surface area (Å²) in [6, 6.07) is 91.2. The number of benzene rings is 10. The van der Waals surface area contributed by atoms with Crippen molar-refractivity contribution in [2.24, 2.45) is 0 Å². The molecule has 0 saturated heterocycles. The Hall–Kier alpha value is -9.52. The van der Waals surface area contributed by atoms with E-state index in [-0.39, 0.29) is 0 Å². The van der Waals surface area contributed by atoms with E-state index in [9.17, 15) is 0 Å². The van der Waals surface area contributed by atoms with Crippen LogP contribution in [0.4, 0.5) is 34.1 Å². The first-order valence-electron chi connectivity index (χ1n) is 23.8. The topological polar surface area (TPSA) is 42.1 Å². The first-order chi connectivity index (χ1) is 34.8. The Balaban J connectivity index is 1.18. The fraction of sp³-hybridized carbons (Fsp3) is 0. The van der Waals surface area contributed by atoms with Gasteiger partial charge < -0.3 is 18.9 Å². The minimum Gasteiger partial charge on any atom is -0.307 e. The van der Waals surface area contributed by atoms with Crippen LogP contribution in [0.15, 0.2) is 255 Å². The summed E-state index contributed by atoms with van der Waals surface area (Å²) in [5, 5.41) is 4.73. The summed E-state index contributed by atoms with van der Waals surface area (Å²) in [7, 11) is 0. The largest absolute Gasteiger partial charge is 0.307 e. The molecular formula is C64H42N6. The molecule has 14 rings (SSSR count). The zero-order chi connectivity index (χ0) is 46.1. The lowest BCUT2D eigenvalue weighted by Gasteiger charge is -2.41. The van der Waals surface area contributed by atoms with Crippen molar-refractivity contribution >= 4 is 77.7 Å². The van der Waals surface area contributed by atoms with Crippen LogP contribution in [0.2, 0.25) is 0 Å². The van der Waals surface area contributed by atoms with Crippen molar-refractivity contribution in [3.63, 3.8) is 0 Å². The van der Waals surface area contributed by atoms with Crippen molar-refractivity contribution < 1.29 is 0 Å². The lowest BCUT2D eigenvalue weighted by molar-refractivity contribution is 1.08. The predicted octanol–water partition coefficient (Wildman–Crippen LogP) is 16.9. The second-order valence-corrected chi connectivity index (χ2v) is 17.8. The molecule has 0 radical (unpaired) electrons. The number of anilines is 6. The van der Waals surface area contributed by atoms with Crippen molar-refractivity contribution in [1.82, 2.24) is 19.1 Å². The summed E-state index contributed by atoms with van der Waals surface area (Å²) in [5.41, 5.74) is 17.4. The summed E-state index contributed by atoms with van der Waals surface area (Å²) in [4.78, 5) is 15.7. The molecule has 6 heteroatoms. The minimum absolute atomic E-state index is 0.665. The van der Waals surface area contributed by atoms with Gasteiger partial charge in [-0.1, -0.05) is 176 Å². The molecule has 6 nitrogen and oxygen atoms in total. The van der Waals surface area contributed by atoms with Gasteiger partial charge in [-0.2, -0.15) is 0 Å². The molecule has 1 aliphatic heterocycles. The van der Waals surface area contributed by atoms with Crippen LogP contribution in [0.5, 0.6) is 0 Å². The molecule has 10 aromatic carbocycles. The molecule has 0 saturated carbocycles. The standard InChI is InChI=1S/C64H42N6/c1-4-22-43(23-5-1)51-42-52(66-64(65-51)44-24-6-2-7-25-44)45-40-61(68-53-32-14-10-28-47(53)48-29-11-15-33-54(48)68)63(62(41-45)69-55-34-16-12-30-49(55)50-31-13-17-35-56(50)69)70-59-38-20-18-36-57(59)67(46-26-8-3-9-27-46)58-37-19-21-39-60(58)70/h1-42H. The highest BCUT2D eigenvalue weighted by Crippen LogP contribution is 2.57. The van der Waals surface area contributed by atoms with Gasteiger partial charge in [0.1, 0.15) is 0 Å². The van der Waals surface area contributed by atoms with Crippen LogP contribution in [-0.2, 0) is 0 Å². The second-order valence-electron chi connectivity index (χ2n) is 17.8. The Morgan fingerprint density at radius 1 is 0.257 bits per heavy atom. The van der Waals surface area contributed by atoms with Crippen LogP contribution in [0.3, 0.4) is 0 Å². The number of nitrogens with zero attached hydrogens (tertiary/aromatic N) is 6. The van der Waals surface area contributed by atoms with Gasteiger partial charge in [-0.15, -0.1) is 0 Å². The Morgan fingerprint density at radius 2 is 0.600 bits per heavy atom. The number of hydrogen-bond donors (Lipinski definition) is 0. The number of aromatic nitrogens is 4. The maximum absolute atomic E-state index is 5.50. The molecule has 70 heavy (non-hydrogen) atoms. The first-order valence-corrected chi connectivity index (χ1v) is 23.8. The van der Waals surface area contributed by atoms with Gasteiger partial charge in [-0.25, -0.2) is 9.97 Å². The Kier molecular flexibility index (Phi) is 9.10. The van der Waals surface area contributed by atoms with Crippen LogP contribution < -0.4 is 9.80 Å². The second kappa shape index (κ2) is 16.1. The van der Waals surface area contributed by atoms with Gasteiger partial charge in [0, 0.05) is 43.9 Å². The number of para-hydroxylation sites is 9. The molecular weight excluding hydrogens is 853 g/mol. The smallest absolute Gasteiger partial charge is 0.160 e. The third-order valence-corrected chi connectivity index (χ3v) is 13.8. The van der Waals surface area contributed by atoms with Crippen molar-refractivity contribution in [3.05, 3.63) is 255 Å². The zero-order valence-corrected chi connectivity index (χ0v) is 37.9. The van der Waals surface area contributed by atoms with Gasteiger partial charge in [0.15, 0.2) is 5.82 Å². The van der Waals surface area contributed by atoms with Gasteiger partial charge in [-0.05, 0) is 78.9 Å². The molecule has 0 aliphatic carbocycles. The molecule has 4 heterocycles. The average Bonchev–Trinajstić information content (AvgIpc) is 3.96. The fourth-order valence-electron chi connectivity index (χ4n) is 10.8. The summed E-state index contributed by atoms with van der Waals surface area (Å²) in [6.45, 7) is 0. The van der Waals surface area contributed by atoms with E-state index in [1.807, 2.05) is 6.07 Å². The van der Waals surface area contributed by atoms with Crippen molar-refractivity contribution in [3.8, 4) is 45.3 Å². The van der Waals surface area contributed by atoms with Crippen LogP contribution in [0.25, 0.3) is 88.9 Å². The molecule has 0 N–H and O–H groups in total. The van der Waals surface area contributed by atoms with E-state index in [0.717, 1.165) is 95.6 Å². The summed E-state index contributed by atoms with van der Waals surface area (Å²) >= 11 is 0. The molecule has 0 atom stereocenters. The van der Waals surface area contributed by atoms with Gasteiger partial charge in [-0.3, -0.25) is 0 Å². The van der Waals surface area contributed by atoms with Crippen molar-refractivity contribution in [2.75, 3.05) is 9.80 Å². The van der Waals surface area contributed by atoms with Gasteiger partial charge in [0.2, 0.25) is 0 Å². The molecule has 0 bridgehead atoms. The zero-order valence-electron chi connectivity index (χ0n) is 37.9. The third-order valence-electron chi connectivity index (χ3n) is 13.8. The summed E-state index contributed by atoms with van der Waals surface area (Å²) in [5.74, 6) is 0.665. The molecule has 13 aromatic rings. The van der Waals surface area contributed by atoms with Gasteiger partial charge >= 0.3 is 0 Å². The van der Waals surface area contributed by atoms with Crippen molar-refractivity contribution in [1.29, 1.82) is 0 Å². The van der Waals surface area contributed by atoms with Gasteiger partial charge in [0.25, 0.3) is 0 Å². The van der Waals surface area contributed by atoms with E-state index in [1.165, 1.54) is 21.5 Å². The normalized spacial score (nSPS) is 12.2. The Bertz CT molecular complexity index is 3790. The van der Waals surface area contributed by atoms with E-state index in [0.29, 0.717) is 5.82 Å². The maximum atomic E-state index is 5.50. The molecule has 0 unspecified atom stereocenters. The molecule has 0 fully saturated rings. The van der Waals surface area contributed by atoms with Crippen LogP contribution in [0, 0.1) is 0 Å². The average molecular weight is 895 g/mol. The Labute approximate surface area is 404 Å². The summed E-state index contributed by atoms with van der Waals surface area (Å²) in [6.07, 6.45) is 0. The lowest BCUT2D eigenvalue weighted by atomic mass is 10.00. The fourth-order valence-corrected chi connectivity index (χ4v) is 10.8. The highest BCUT2D eigenvalue weighted by molar-refractivity contribution is 6.14. The van der Waals surface area contributed by atoms with Crippen molar-refractivity contribution in [2.45, 2.75) is 0 Å². The van der Waals surface area contributed by atoms with E-state index >= 15 is 0 Å². The molecule has 0 spiro atoms. The highest BCUT2D eigenvalue weighted by Gasteiger charge is 2.35. The Morgan fingerprint density at radius 3 is 1.04 bits per heavy atom. The molecule has 3 aromatic heterocycles. The van der Waals surface area contributed by atoms with Gasteiger partial charge in [0.05, 0.1) is 73.3 Å². The van der Waals surface area contributed by atoms with Crippen LogP contribution in [-0.4, -0.2) is 19.1 Å².